The van der Waals surface area contributed by atoms with Gasteiger partial charge in [-0.3, -0.25) is 14.2 Å². The van der Waals surface area contributed by atoms with Crippen molar-refractivity contribution in [1.29, 1.82) is 0 Å². The number of carbonyl (C=O) groups is 1. The van der Waals surface area contributed by atoms with Crippen molar-refractivity contribution >= 4 is 60.5 Å². The van der Waals surface area contributed by atoms with Crippen molar-refractivity contribution in [3.8, 4) is 0 Å². The van der Waals surface area contributed by atoms with Gasteiger partial charge in [-0.1, -0.05) is 17.7 Å². The maximum absolute atomic E-state index is 12.9. The number of halogens is 1. The molecule has 7 nitrogen and oxygen atoms in total. The minimum atomic E-state index is -3.86. The summed E-state index contributed by atoms with van der Waals surface area (Å²) in [6.07, 6.45) is 0. The summed E-state index contributed by atoms with van der Waals surface area (Å²) in [5, 5.41) is 8.57. The van der Waals surface area contributed by atoms with E-state index in [1.807, 2.05) is 14.0 Å². The number of hydrogen-bond donors (Lipinski definition) is 2. The maximum atomic E-state index is 12.9. The molecule has 1 amide bonds. The normalized spacial score (nSPS) is 11.6. The lowest BCUT2D eigenvalue weighted by Crippen LogP contribution is -2.16. The number of amides is 1. The van der Waals surface area contributed by atoms with E-state index in [2.05, 4.69) is 15.1 Å². The van der Waals surface area contributed by atoms with Crippen LogP contribution in [0, 0.1) is 13.8 Å². The SMILES string of the molecule is Cc1ccc(NC(=O)c2cc3c(C)nn(C)c3s2)cc1S(=O)(=O)Nc1ccc(Cl)cc1. The summed E-state index contributed by atoms with van der Waals surface area (Å²) in [4.78, 5) is 14.3. The Morgan fingerprint density at radius 3 is 2.42 bits per heavy atom. The summed E-state index contributed by atoms with van der Waals surface area (Å²) in [6, 6.07) is 12.9. The minimum absolute atomic E-state index is 0.0802. The van der Waals surface area contributed by atoms with E-state index in [1.165, 1.54) is 17.4 Å². The van der Waals surface area contributed by atoms with E-state index in [0.717, 1.165) is 15.9 Å². The molecule has 0 fully saturated rings. The average molecular weight is 475 g/mol. The third-order valence-corrected chi connectivity index (χ3v) is 7.73. The number of fused-ring (bicyclic) bond motifs is 1. The lowest BCUT2D eigenvalue weighted by atomic mass is 10.2. The van der Waals surface area contributed by atoms with E-state index in [-0.39, 0.29) is 10.8 Å². The van der Waals surface area contributed by atoms with Crippen molar-refractivity contribution in [2.45, 2.75) is 18.7 Å². The third kappa shape index (κ3) is 4.30. The Bertz CT molecular complexity index is 1370. The zero-order valence-corrected chi connectivity index (χ0v) is 19.3. The van der Waals surface area contributed by atoms with Crippen molar-refractivity contribution < 1.29 is 13.2 Å². The molecule has 0 radical (unpaired) electrons. The quantitative estimate of drug-likeness (QED) is 0.427. The Balaban J connectivity index is 1.59. The third-order valence-electron chi connectivity index (χ3n) is 4.75. The number of anilines is 2. The molecule has 0 bridgehead atoms. The Labute approximate surface area is 188 Å². The van der Waals surface area contributed by atoms with Gasteiger partial charge in [0.15, 0.2) is 0 Å². The van der Waals surface area contributed by atoms with Crippen LogP contribution >= 0.6 is 22.9 Å². The number of thiophene rings is 1. The predicted molar refractivity (Wildman–Crippen MR) is 125 cm³/mol. The van der Waals surface area contributed by atoms with Gasteiger partial charge in [0.05, 0.1) is 15.5 Å². The molecular weight excluding hydrogens is 456 g/mol. The first kappa shape index (κ1) is 21.4. The number of benzene rings is 2. The number of rotatable bonds is 5. The van der Waals surface area contributed by atoms with Crippen LogP contribution in [0.15, 0.2) is 53.4 Å². The van der Waals surface area contributed by atoms with Crippen LogP contribution in [0.1, 0.15) is 20.9 Å². The van der Waals surface area contributed by atoms with Crippen molar-refractivity contribution in [2.24, 2.45) is 7.05 Å². The Morgan fingerprint density at radius 1 is 1.06 bits per heavy atom. The van der Waals surface area contributed by atoms with Crippen molar-refractivity contribution in [1.82, 2.24) is 9.78 Å². The molecule has 2 heterocycles. The van der Waals surface area contributed by atoms with E-state index >= 15 is 0 Å². The highest BCUT2D eigenvalue weighted by atomic mass is 35.5. The van der Waals surface area contributed by atoms with Gasteiger partial charge in [-0.2, -0.15) is 5.10 Å². The van der Waals surface area contributed by atoms with E-state index < -0.39 is 10.0 Å². The van der Waals surface area contributed by atoms with Crippen LogP contribution in [0.25, 0.3) is 10.2 Å². The Hall–Kier alpha value is -2.88. The summed E-state index contributed by atoms with van der Waals surface area (Å²) in [5.74, 6) is -0.307. The fourth-order valence-electron chi connectivity index (χ4n) is 3.21. The minimum Gasteiger partial charge on any atom is -0.321 e. The largest absolute Gasteiger partial charge is 0.321 e. The number of aryl methyl sites for hydroxylation is 3. The molecule has 0 aliphatic rings. The molecule has 2 aromatic carbocycles. The van der Waals surface area contributed by atoms with Gasteiger partial charge < -0.3 is 5.32 Å². The molecule has 4 aromatic rings. The van der Waals surface area contributed by atoms with E-state index in [1.54, 1.807) is 54.1 Å². The first-order chi connectivity index (χ1) is 14.6. The fraction of sp³-hybridized carbons (Fsp3) is 0.143. The number of carbonyl (C=O) groups excluding carboxylic acids is 1. The van der Waals surface area contributed by atoms with Crippen molar-refractivity contribution in [3.05, 3.63) is 69.7 Å². The number of hydrogen-bond acceptors (Lipinski definition) is 5. The average Bonchev–Trinajstić information content (AvgIpc) is 3.26. The second kappa shape index (κ2) is 7.99. The Kier molecular flexibility index (Phi) is 5.50. The topological polar surface area (TPSA) is 93.1 Å². The molecule has 31 heavy (non-hydrogen) atoms. The van der Waals surface area contributed by atoms with Crippen LogP contribution in [0.5, 0.6) is 0 Å². The van der Waals surface area contributed by atoms with E-state index in [9.17, 15) is 13.2 Å². The molecule has 10 heteroatoms. The van der Waals surface area contributed by atoms with Crippen LogP contribution in [0.2, 0.25) is 5.02 Å². The van der Waals surface area contributed by atoms with Gasteiger partial charge in [0.1, 0.15) is 4.83 Å². The first-order valence-electron chi connectivity index (χ1n) is 9.27. The lowest BCUT2D eigenvalue weighted by molar-refractivity contribution is 0.103. The number of sulfonamides is 1. The number of nitrogens with one attached hydrogen (secondary N) is 2. The van der Waals surface area contributed by atoms with Gasteiger partial charge in [-0.05, 0) is 61.9 Å². The molecule has 4 rings (SSSR count). The second-order valence-electron chi connectivity index (χ2n) is 7.09. The summed E-state index contributed by atoms with van der Waals surface area (Å²) in [5.41, 5.74) is 2.19. The van der Waals surface area contributed by atoms with Crippen LogP contribution in [0.3, 0.4) is 0 Å². The number of nitrogens with zero attached hydrogens (tertiary/aromatic N) is 2. The highest BCUT2D eigenvalue weighted by Gasteiger charge is 2.20. The monoisotopic (exact) mass is 474 g/mol. The van der Waals surface area contributed by atoms with Crippen LogP contribution < -0.4 is 10.0 Å². The smallest absolute Gasteiger partial charge is 0.265 e. The van der Waals surface area contributed by atoms with Gasteiger partial charge >= 0.3 is 0 Å². The van der Waals surface area contributed by atoms with E-state index in [4.69, 9.17) is 11.6 Å². The lowest BCUT2D eigenvalue weighted by Gasteiger charge is -2.12. The molecule has 2 aromatic heterocycles. The Morgan fingerprint density at radius 2 is 1.74 bits per heavy atom. The number of aromatic nitrogens is 2. The molecule has 0 atom stereocenters. The van der Waals surface area contributed by atoms with Gasteiger partial charge in [0.25, 0.3) is 15.9 Å². The second-order valence-corrected chi connectivity index (χ2v) is 10.2. The molecule has 160 valence electrons. The zero-order valence-electron chi connectivity index (χ0n) is 16.9. The van der Waals surface area contributed by atoms with Crippen molar-refractivity contribution in [3.63, 3.8) is 0 Å². The van der Waals surface area contributed by atoms with Gasteiger partial charge in [0, 0.05) is 28.8 Å². The molecule has 0 spiro atoms. The van der Waals surface area contributed by atoms with Gasteiger partial charge in [-0.15, -0.1) is 11.3 Å². The van der Waals surface area contributed by atoms with Crippen LogP contribution in [0.4, 0.5) is 11.4 Å². The zero-order chi connectivity index (χ0) is 22.3. The molecule has 2 N–H and O–H groups in total. The standard InChI is InChI=1S/C21H19ClN4O3S2/c1-12-4-7-16(10-19(12)31(28,29)25-15-8-5-14(22)6-9-15)23-20(27)18-11-17-13(2)24-26(3)21(17)30-18/h4-11,25H,1-3H3,(H,23,27). The molecular formula is C21H19ClN4O3S2. The molecule has 0 aliphatic carbocycles. The maximum Gasteiger partial charge on any atom is 0.265 e. The summed E-state index contributed by atoms with van der Waals surface area (Å²) in [7, 11) is -2.02. The molecule has 0 saturated carbocycles. The van der Waals surface area contributed by atoms with Crippen LogP contribution in [-0.4, -0.2) is 24.1 Å². The van der Waals surface area contributed by atoms with Crippen LogP contribution in [-0.2, 0) is 17.1 Å². The van der Waals surface area contributed by atoms with E-state index in [0.29, 0.717) is 26.8 Å². The fourth-order valence-corrected chi connectivity index (χ4v) is 5.68. The van der Waals surface area contributed by atoms with Crippen molar-refractivity contribution in [2.75, 3.05) is 10.0 Å². The summed E-state index contributed by atoms with van der Waals surface area (Å²) in [6.45, 7) is 3.59. The molecule has 0 unspecified atom stereocenters. The van der Waals surface area contributed by atoms with Gasteiger partial charge in [-0.25, -0.2) is 8.42 Å². The highest BCUT2D eigenvalue weighted by molar-refractivity contribution is 7.92. The first-order valence-corrected chi connectivity index (χ1v) is 12.0. The highest BCUT2D eigenvalue weighted by Crippen LogP contribution is 2.29. The van der Waals surface area contributed by atoms with Gasteiger partial charge in [0.2, 0.25) is 0 Å². The summed E-state index contributed by atoms with van der Waals surface area (Å²) < 4.78 is 30.1. The summed E-state index contributed by atoms with van der Waals surface area (Å²) >= 11 is 7.19. The predicted octanol–water partition coefficient (Wildman–Crippen LogP) is 4.96. The molecule has 0 aliphatic heterocycles. The molecule has 0 saturated heterocycles.